The molecule has 0 spiro atoms. The van der Waals surface area contributed by atoms with E-state index in [1.807, 2.05) is 0 Å². The van der Waals surface area contributed by atoms with Crippen molar-refractivity contribution in [3.63, 3.8) is 0 Å². The summed E-state index contributed by atoms with van der Waals surface area (Å²) in [6, 6.07) is 0.757. The monoisotopic (exact) mass is 256 g/mol. The molecular formula is C13H11F3O2. The molecule has 0 amide bonds. The van der Waals surface area contributed by atoms with Gasteiger partial charge in [-0.25, -0.2) is 13.2 Å². The minimum Gasteiger partial charge on any atom is -0.299 e. The smallest absolute Gasteiger partial charge is 0.195 e. The van der Waals surface area contributed by atoms with E-state index >= 15 is 0 Å². The molecule has 0 bridgehead atoms. The van der Waals surface area contributed by atoms with Crippen molar-refractivity contribution in [2.24, 2.45) is 5.92 Å². The summed E-state index contributed by atoms with van der Waals surface area (Å²) in [6.07, 6.45) is 1.03. The molecule has 1 aromatic carbocycles. The molecule has 18 heavy (non-hydrogen) atoms. The fourth-order valence-electron chi connectivity index (χ4n) is 1.85. The van der Waals surface area contributed by atoms with Crippen molar-refractivity contribution in [1.29, 1.82) is 0 Å². The van der Waals surface area contributed by atoms with Crippen LogP contribution in [-0.2, 0) is 4.79 Å². The standard InChI is InChI=1S/C13H11F3O2/c1-6-4-8(14)12(15)13(16)11(6)10(18)5-9(17)7-2-3-7/h4,7H,2-3,5H2,1H3. The highest BCUT2D eigenvalue weighted by Gasteiger charge is 2.32. The predicted octanol–water partition coefficient (Wildman–Crippen LogP) is 2.96. The largest absolute Gasteiger partial charge is 0.299 e. The van der Waals surface area contributed by atoms with E-state index in [0.29, 0.717) is 0 Å². The normalized spacial score (nSPS) is 14.7. The zero-order valence-corrected chi connectivity index (χ0v) is 9.73. The summed E-state index contributed by atoms with van der Waals surface area (Å²) in [5.74, 6) is -5.70. The highest BCUT2D eigenvalue weighted by Crippen LogP contribution is 2.31. The number of carbonyl (C=O) groups excluding carboxylic acids is 2. The van der Waals surface area contributed by atoms with Crippen LogP contribution in [0.25, 0.3) is 0 Å². The molecule has 1 saturated carbocycles. The lowest BCUT2D eigenvalue weighted by Crippen LogP contribution is -2.14. The van der Waals surface area contributed by atoms with Crippen molar-refractivity contribution >= 4 is 11.6 Å². The molecule has 0 radical (unpaired) electrons. The summed E-state index contributed by atoms with van der Waals surface area (Å²) in [5, 5.41) is 0. The maximum Gasteiger partial charge on any atom is 0.195 e. The molecule has 1 aliphatic carbocycles. The third kappa shape index (κ3) is 2.30. The Labute approximate surface area is 102 Å². The minimum absolute atomic E-state index is 0.00000283. The highest BCUT2D eigenvalue weighted by molar-refractivity contribution is 6.09. The van der Waals surface area contributed by atoms with Crippen LogP contribution in [0.4, 0.5) is 13.2 Å². The molecular weight excluding hydrogens is 245 g/mol. The van der Waals surface area contributed by atoms with Gasteiger partial charge in [0.15, 0.2) is 23.2 Å². The minimum atomic E-state index is -1.68. The molecule has 2 rings (SSSR count). The lowest BCUT2D eigenvalue weighted by molar-refractivity contribution is -0.119. The first-order chi connectivity index (χ1) is 8.41. The molecule has 0 heterocycles. The third-order valence-electron chi connectivity index (χ3n) is 3.01. The maximum atomic E-state index is 13.5. The first-order valence-electron chi connectivity index (χ1n) is 5.61. The Balaban J connectivity index is 2.29. The second-order valence-corrected chi connectivity index (χ2v) is 4.52. The van der Waals surface area contributed by atoms with E-state index in [4.69, 9.17) is 0 Å². The van der Waals surface area contributed by atoms with Crippen LogP contribution in [0.5, 0.6) is 0 Å². The van der Waals surface area contributed by atoms with Gasteiger partial charge in [0.1, 0.15) is 5.78 Å². The molecule has 1 aliphatic rings. The second kappa shape index (κ2) is 4.55. The SMILES string of the molecule is Cc1cc(F)c(F)c(F)c1C(=O)CC(=O)C1CC1. The van der Waals surface area contributed by atoms with E-state index in [-0.39, 0.29) is 17.3 Å². The van der Waals surface area contributed by atoms with Gasteiger partial charge in [0.2, 0.25) is 0 Å². The molecule has 0 unspecified atom stereocenters. The van der Waals surface area contributed by atoms with Gasteiger partial charge in [0.25, 0.3) is 0 Å². The molecule has 1 fully saturated rings. The van der Waals surface area contributed by atoms with Crippen LogP contribution >= 0.6 is 0 Å². The second-order valence-electron chi connectivity index (χ2n) is 4.52. The van der Waals surface area contributed by atoms with Crippen LogP contribution in [0.15, 0.2) is 6.07 Å². The quantitative estimate of drug-likeness (QED) is 0.471. The average molecular weight is 256 g/mol. The maximum absolute atomic E-state index is 13.5. The molecule has 5 heteroatoms. The van der Waals surface area contributed by atoms with Crippen LogP contribution in [0, 0.1) is 30.3 Å². The molecule has 0 aromatic heterocycles. The number of carbonyl (C=O) groups is 2. The van der Waals surface area contributed by atoms with E-state index in [9.17, 15) is 22.8 Å². The fourth-order valence-corrected chi connectivity index (χ4v) is 1.85. The zero-order chi connectivity index (χ0) is 13.4. The number of ketones is 2. The van der Waals surface area contributed by atoms with E-state index < -0.39 is 35.2 Å². The summed E-state index contributed by atoms with van der Waals surface area (Å²) in [6.45, 7) is 1.31. The number of hydrogen-bond acceptors (Lipinski definition) is 2. The topological polar surface area (TPSA) is 34.1 Å². The van der Waals surface area contributed by atoms with Gasteiger partial charge >= 0.3 is 0 Å². The van der Waals surface area contributed by atoms with Gasteiger partial charge in [-0.1, -0.05) is 0 Å². The van der Waals surface area contributed by atoms with Crippen LogP contribution in [0.3, 0.4) is 0 Å². The van der Waals surface area contributed by atoms with Gasteiger partial charge in [0.05, 0.1) is 12.0 Å². The van der Waals surface area contributed by atoms with Gasteiger partial charge in [-0.2, -0.15) is 0 Å². The molecule has 0 saturated heterocycles. The summed E-state index contributed by atoms with van der Waals surface area (Å²) in [7, 11) is 0. The predicted molar refractivity (Wildman–Crippen MR) is 57.7 cm³/mol. The van der Waals surface area contributed by atoms with Crippen molar-refractivity contribution < 1.29 is 22.8 Å². The van der Waals surface area contributed by atoms with Gasteiger partial charge in [0, 0.05) is 5.92 Å². The molecule has 0 atom stereocenters. The summed E-state index contributed by atoms with van der Waals surface area (Å²) >= 11 is 0. The van der Waals surface area contributed by atoms with Gasteiger partial charge < -0.3 is 0 Å². The summed E-state index contributed by atoms with van der Waals surface area (Å²) < 4.78 is 39.4. The molecule has 1 aromatic rings. The summed E-state index contributed by atoms with van der Waals surface area (Å²) in [5.41, 5.74) is -0.525. The highest BCUT2D eigenvalue weighted by atomic mass is 19.2. The van der Waals surface area contributed by atoms with E-state index in [0.717, 1.165) is 18.9 Å². The number of benzene rings is 1. The van der Waals surface area contributed by atoms with Crippen LogP contribution < -0.4 is 0 Å². The number of rotatable bonds is 4. The Bertz CT molecular complexity index is 534. The van der Waals surface area contributed by atoms with E-state index in [1.54, 1.807) is 0 Å². The molecule has 0 aliphatic heterocycles. The lowest BCUT2D eigenvalue weighted by Gasteiger charge is -2.07. The van der Waals surface area contributed by atoms with Crippen LogP contribution in [0.1, 0.15) is 35.2 Å². The summed E-state index contributed by atoms with van der Waals surface area (Å²) in [4.78, 5) is 23.2. The van der Waals surface area contributed by atoms with Gasteiger partial charge in [-0.05, 0) is 31.4 Å². The molecule has 0 N–H and O–H groups in total. The lowest BCUT2D eigenvalue weighted by atomic mass is 9.98. The first kappa shape index (κ1) is 12.8. The number of Topliss-reactive ketones (excluding diaryl/α,β-unsaturated/α-hetero) is 2. The van der Waals surface area contributed by atoms with Crippen LogP contribution in [0.2, 0.25) is 0 Å². The molecule has 2 nitrogen and oxygen atoms in total. The van der Waals surface area contributed by atoms with Gasteiger partial charge in [-0.3, -0.25) is 9.59 Å². The van der Waals surface area contributed by atoms with Crippen LogP contribution in [-0.4, -0.2) is 11.6 Å². The van der Waals surface area contributed by atoms with E-state index in [1.165, 1.54) is 6.92 Å². The Hall–Kier alpha value is -1.65. The van der Waals surface area contributed by atoms with Crippen molar-refractivity contribution in [3.8, 4) is 0 Å². The number of aryl methyl sites for hydroxylation is 1. The zero-order valence-electron chi connectivity index (χ0n) is 9.73. The van der Waals surface area contributed by atoms with Gasteiger partial charge in [-0.15, -0.1) is 0 Å². The van der Waals surface area contributed by atoms with Crippen molar-refractivity contribution in [1.82, 2.24) is 0 Å². The number of halogens is 3. The fraction of sp³-hybridized carbons (Fsp3) is 0.385. The Kier molecular flexibility index (Phi) is 3.24. The third-order valence-corrected chi connectivity index (χ3v) is 3.01. The molecule has 96 valence electrons. The Morgan fingerprint density at radius 3 is 2.39 bits per heavy atom. The number of hydrogen-bond donors (Lipinski definition) is 0. The van der Waals surface area contributed by atoms with Crippen molar-refractivity contribution in [2.75, 3.05) is 0 Å². The Morgan fingerprint density at radius 1 is 1.22 bits per heavy atom. The first-order valence-corrected chi connectivity index (χ1v) is 5.61. The van der Waals surface area contributed by atoms with Crippen molar-refractivity contribution in [3.05, 3.63) is 34.6 Å². The van der Waals surface area contributed by atoms with E-state index in [2.05, 4.69) is 0 Å². The average Bonchev–Trinajstić information content (AvgIpc) is 3.09. The van der Waals surface area contributed by atoms with Crippen molar-refractivity contribution in [2.45, 2.75) is 26.2 Å². The Morgan fingerprint density at radius 2 is 1.83 bits per heavy atom.